The molecule has 1 N–H and O–H groups in total. The van der Waals surface area contributed by atoms with E-state index in [1.807, 2.05) is 0 Å². The first-order valence-corrected chi connectivity index (χ1v) is 6.36. The van der Waals surface area contributed by atoms with Crippen LogP contribution in [0, 0.1) is 0 Å². The van der Waals surface area contributed by atoms with Gasteiger partial charge in [-0.05, 0) is 36.8 Å². The van der Waals surface area contributed by atoms with Gasteiger partial charge in [-0.2, -0.15) is 0 Å². The van der Waals surface area contributed by atoms with Crippen LogP contribution in [0.1, 0.15) is 30.7 Å². The van der Waals surface area contributed by atoms with E-state index in [1.54, 1.807) is 11.8 Å². The number of rotatable bonds is 2. The van der Waals surface area contributed by atoms with Gasteiger partial charge in [-0.1, -0.05) is 18.6 Å². The third-order valence-electron chi connectivity index (χ3n) is 3.00. The van der Waals surface area contributed by atoms with Crippen LogP contribution < -0.4 is 0 Å². The molecular weight excluding hydrogens is 192 g/mol. The first kappa shape index (κ1) is 10.1. The fraction of sp³-hybridized carbons (Fsp3) is 0.500. The third kappa shape index (κ3) is 1.96. The van der Waals surface area contributed by atoms with Crippen LogP contribution in [-0.2, 0) is 0 Å². The number of aliphatic hydroxyl groups excluding tert-OH is 1. The van der Waals surface area contributed by atoms with E-state index in [2.05, 4.69) is 30.5 Å². The Labute approximate surface area is 89.5 Å². The van der Waals surface area contributed by atoms with Crippen LogP contribution >= 0.6 is 11.8 Å². The summed E-state index contributed by atoms with van der Waals surface area (Å²) in [6, 6.07) is 8.56. The van der Waals surface area contributed by atoms with Gasteiger partial charge in [0.15, 0.2) is 0 Å². The summed E-state index contributed by atoms with van der Waals surface area (Å²) in [5.41, 5.74) is 1.31. The molecule has 2 atom stereocenters. The highest BCUT2D eigenvalue weighted by atomic mass is 32.2. The molecule has 2 rings (SSSR count). The van der Waals surface area contributed by atoms with Gasteiger partial charge in [0, 0.05) is 10.8 Å². The van der Waals surface area contributed by atoms with Crippen LogP contribution in [0.25, 0.3) is 0 Å². The van der Waals surface area contributed by atoms with Crippen molar-refractivity contribution in [3.8, 4) is 0 Å². The second-order valence-corrected chi connectivity index (χ2v) is 4.76. The number of hydrogen-bond donors (Lipinski definition) is 1. The van der Waals surface area contributed by atoms with Crippen LogP contribution in [0.3, 0.4) is 0 Å². The molecule has 0 aromatic heterocycles. The van der Waals surface area contributed by atoms with E-state index in [0.717, 1.165) is 19.3 Å². The molecule has 14 heavy (non-hydrogen) atoms. The van der Waals surface area contributed by atoms with E-state index >= 15 is 0 Å². The fourth-order valence-electron chi connectivity index (χ4n) is 2.20. The topological polar surface area (TPSA) is 20.2 Å². The average Bonchev–Trinajstić information content (AvgIpc) is 2.65. The van der Waals surface area contributed by atoms with E-state index in [4.69, 9.17) is 0 Å². The molecule has 0 amide bonds. The summed E-state index contributed by atoms with van der Waals surface area (Å²) < 4.78 is 0. The highest BCUT2D eigenvalue weighted by molar-refractivity contribution is 7.98. The lowest BCUT2D eigenvalue weighted by molar-refractivity contribution is 0.164. The first-order valence-electron chi connectivity index (χ1n) is 5.13. The second-order valence-electron chi connectivity index (χ2n) is 3.88. The van der Waals surface area contributed by atoms with Gasteiger partial charge in [-0.3, -0.25) is 0 Å². The largest absolute Gasteiger partial charge is 0.392 e. The summed E-state index contributed by atoms with van der Waals surface area (Å²) in [7, 11) is 0. The predicted octanol–water partition coefficient (Wildman–Crippen LogP) is 3.04. The fourth-order valence-corrected chi connectivity index (χ4v) is 2.67. The Hall–Kier alpha value is -0.470. The van der Waals surface area contributed by atoms with Crippen molar-refractivity contribution in [2.75, 3.05) is 6.26 Å². The van der Waals surface area contributed by atoms with Crippen molar-refractivity contribution in [1.82, 2.24) is 0 Å². The van der Waals surface area contributed by atoms with Crippen molar-refractivity contribution < 1.29 is 5.11 Å². The summed E-state index contributed by atoms with van der Waals surface area (Å²) in [5.74, 6) is 0.377. The summed E-state index contributed by atoms with van der Waals surface area (Å²) in [4.78, 5) is 1.29. The molecule has 1 aromatic rings. The standard InChI is InChI=1S/C12H16OS/c1-14-10-5-2-4-9(8-10)11-6-3-7-12(11)13/h2,4-5,8,11-13H,3,6-7H2,1H3/t11-,12-/m0/s1. The molecular formula is C12H16OS. The normalized spacial score (nSPS) is 26.7. The van der Waals surface area contributed by atoms with Gasteiger partial charge in [0.25, 0.3) is 0 Å². The van der Waals surface area contributed by atoms with Gasteiger partial charge in [0.05, 0.1) is 6.10 Å². The highest BCUT2D eigenvalue weighted by Crippen LogP contribution is 2.35. The van der Waals surface area contributed by atoms with Crippen molar-refractivity contribution in [3.05, 3.63) is 29.8 Å². The SMILES string of the molecule is CSc1cccc([C@@H]2CCC[C@@H]2O)c1. The molecule has 1 fully saturated rings. The molecule has 2 heteroatoms. The lowest BCUT2D eigenvalue weighted by atomic mass is 9.96. The van der Waals surface area contributed by atoms with Crippen molar-refractivity contribution in [3.63, 3.8) is 0 Å². The molecule has 0 unspecified atom stereocenters. The smallest absolute Gasteiger partial charge is 0.0608 e. The minimum absolute atomic E-state index is 0.118. The molecule has 0 bridgehead atoms. The lowest BCUT2D eigenvalue weighted by Crippen LogP contribution is -2.10. The van der Waals surface area contributed by atoms with Gasteiger partial charge in [0.2, 0.25) is 0 Å². The molecule has 1 aliphatic carbocycles. The van der Waals surface area contributed by atoms with E-state index in [9.17, 15) is 5.11 Å². The van der Waals surface area contributed by atoms with Crippen LogP contribution in [-0.4, -0.2) is 17.5 Å². The first-order chi connectivity index (χ1) is 6.81. The van der Waals surface area contributed by atoms with Crippen LogP contribution in [0.4, 0.5) is 0 Å². The van der Waals surface area contributed by atoms with Crippen molar-refractivity contribution >= 4 is 11.8 Å². The molecule has 0 aliphatic heterocycles. The molecule has 1 saturated carbocycles. The number of hydrogen-bond acceptors (Lipinski definition) is 2. The molecule has 1 nitrogen and oxygen atoms in total. The Morgan fingerprint density at radius 3 is 2.86 bits per heavy atom. The van der Waals surface area contributed by atoms with Gasteiger partial charge < -0.3 is 5.11 Å². The Morgan fingerprint density at radius 1 is 1.36 bits per heavy atom. The minimum Gasteiger partial charge on any atom is -0.392 e. The maximum Gasteiger partial charge on any atom is 0.0608 e. The average molecular weight is 208 g/mol. The van der Waals surface area contributed by atoms with Gasteiger partial charge in [-0.15, -0.1) is 11.8 Å². The quantitative estimate of drug-likeness (QED) is 0.754. The molecule has 1 aliphatic rings. The van der Waals surface area contributed by atoms with E-state index in [-0.39, 0.29) is 6.10 Å². The maximum atomic E-state index is 9.80. The zero-order valence-electron chi connectivity index (χ0n) is 8.44. The Kier molecular flexibility index (Phi) is 3.14. The summed E-state index contributed by atoms with van der Waals surface area (Å²) >= 11 is 1.76. The van der Waals surface area contributed by atoms with Crippen LogP contribution in [0.5, 0.6) is 0 Å². The van der Waals surface area contributed by atoms with Gasteiger partial charge in [-0.25, -0.2) is 0 Å². The molecule has 0 saturated heterocycles. The third-order valence-corrected chi connectivity index (χ3v) is 3.73. The number of benzene rings is 1. The van der Waals surface area contributed by atoms with Gasteiger partial charge in [0.1, 0.15) is 0 Å². The maximum absolute atomic E-state index is 9.80. The van der Waals surface area contributed by atoms with Crippen molar-refractivity contribution in [2.45, 2.75) is 36.2 Å². The number of thioether (sulfide) groups is 1. The van der Waals surface area contributed by atoms with E-state index in [1.165, 1.54) is 10.5 Å². The zero-order chi connectivity index (χ0) is 9.97. The molecule has 0 spiro atoms. The molecule has 0 heterocycles. The van der Waals surface area contributed by atoms with Crippen molar-refractivity contribution in [1.29, 1.82) is 0 Å². The molecule has 0 radical (unpaired) electrons. The Balaban J connectivity index is 2.22. The highest BCUT2D eigenvalue weighted by Gasteiger charge is 2.26. The van der Waals surface area contributed by atoms with Gasteiger partial charge >= 0.3 is 0 Å². The Morgan fingerprint density at radius 2 is 2.21 bits per heavy atom. The molecule has 1 aromatic carbocycles. The van der Waals surface area contributed by atoms with Crippen molar-refractivity contribution in [2.24, 2.45) is 0 Å². The summed E-state index contributed by atoms with van der Waals surface area (Å²) in [6.45, 7) is 0. The lowest BCUT2D eigenvalue weighted by Gasteiger charge is -2.15. The summed E-state index contributed by atoms with van der Waals surface area (Å²) in [5, 5.41) is 9.80. The second kappa shape index (κ2) is 4.37. The van der Waals surface area contributed by atoms with Crippen LogP contribution in [0.2, 0.25) is 0 Å². The molecule has 76 valence electrons. The predicted molar refractivity (Wildman–Crippen MR) is 60.8 cm³/mol. The zero-order valence-corrected chi connectivity index (χ0v) is 9.26. The van der Waals surface area contributed by atoms with E-state index < -0.39 is 0 Å². The summed E-state index contributed by atoms with van der Waals surface area (Å²) in [6.07, 6.45) is 5.24. The van der Waals surface area contributed by atoms with Crippen LogP contribution in [0.15, 0.2) is 29.2 Å². The number of aliphatic hydroxyl groups is 1. The Bertz CT molecular complexity index is 311. The minimum atomic E-state index is -0.118. The monoisotopic (exact) mass is 208 g/mol. The van der Waals surface area contributed by atoms with E-state index in [0.29, 0.717) is 5.92 Å².